The van der Waals surface area contributed by atoms with Gasteiger partial charge in [0, 0.05) is 45.0 Å². The van der Waals surface area contributed by atoms with Gasteiger partial charge in [-0.2, -0.15) is 0 Å². The third-order valence-electron chi connectivity index (χ3n) is 7.19. The minimum atomic E-state index is -1.47. The minimum absolute atomic E-state index is 0.291. The Morgan fingerprint density at radius 3 is 2.10 bits per heavy atom. The van der Waals surface area contributed by atoms with Gasteiger partial charge >= 0.3 is 7.12 Å². The molecule has 5 nitrogen and oxygen atoms in total. The van der Waals surface area contributed by atoms with Crippen molar-refractivity contribution in [1.82, 2.24) is 4.90 Å². The second-order valence-electron chi connectivity index (χ2n) is 10.7. The average Bonchev–Trinajstić information content (AvgIpc) is 2.94. The van der Waals surface area contributed by atoms with Gasteiger partial charge in [-0.3, -0.25) is 4.90 Å². The number of anilines is 1. The monoisotopic (exact) mass is 446 g/mol. The van der Waals surface area contributed by atoms with Crippen molar-refractivity contribution in [1.29, 1.82) is 0 Å². The molecule has 0 spiro atoms. The number of rotatable bonds is 9. The molecule has 1 aromatic rings. The Morgan fingerprint density at radius 1 is 0.968 bits per heavy atom. The third-order valence-corrected chi connectivity index (χ3v) is 9.73. The summed E-state index contributed by atoms with van der Waals surface area (Å²) in [5, 5.41) is 0. The Labute approximate surface area is 191 Å². The summed E-state index contributed by atoms with van der Waals surface area (Å²) in [5.74, 6) is 0. The summed E-state index contributed by atoms with van der Waals surface area (Å²) >= 11 is 0. The first-order chi connectivity index (χ1) is 14.5. The normalized spacial score (nSPS) is 21.6. The van der Waals surface area contributed by atoms with Gasteiger partial charge in [0.1, 0.15) is 0 Å². The Hall–Kier alpha value is -0.858. The van der Waals surface area contributed by atoms with Gasteiger partial charge in [0.25, 0.3) is 0 Å². The van der Waals surface area contributed by atoms with E-state index in [0.717, 1.165) is 44.8 Å². The molecule has 174 valence electrons. The zero-order chi connectivity index (χ0) is 22.7. The molecule has 3 rings (SSSR count). The Balaban J connectivity index is 1.44. The third kappa shape index (κ3) is 6.35. The molecule has 0 aromatic heterocycles. The van der Waals surface area contributed by atoms with Crippen LogP contribution in [0, 0.1) is 0 Å². The van der Waals surface area contributed by atoms with Crippen LogP contribution in [0.15, 0.2) is 24.3 Å². The van der Waals surface area contributed by atoms with E-state index in [1.165, 1.54) is 24.6 Å². The first kappa shape index (κ1) is 24.8. The number of hydrogen-bond acceptors (Lipinski definition) is 5. The van der Waals surface area contributed by atoms with Crippen LogP contribution in [-0.2, 0) is 13.7 Å². The van der Waals surface area contributed by atoms with Gasteiger partial charge in [0.2, 0.25) is 0 Å². The van der Waals surface area contributed by atoms with E-state index in [1.54, 1.807) is 0 Å². The first-order valence-corrected chi connectivity index (χ1v) is 15.2. The predicted octanol–water partition coefficient (Wildman–Crippen LogP) is 4.13. The molecule has 0 bridgehead atoms. The maximum absolute atomic E-state index is 6.30. The molecule has 0 aliphatic carbocycles. The summed E-state index contributed by atoms with van der Waals surface area (Å²) in [7, 11) is -1.76. The zero-order valence-electron chi connectivity index (χ0n) is 20.9. The van der Waals surface area contributed by atoms with Crippen LogP contribution in [0.2, 0.25) is 19.1 Å². The molecule has 2 aliphatic heterocycles. The van der Waals surface area contributed by atoms with E-state index < -0.39 is 8.32 Å². The van der Waals surface area contributed by atoms with Crippen LogP contribution in [0.5, 0.6) is 0 Å². The van der Waals surface area contributed by atoms with E-state index in [1.807, 2.05) is 0 Å². The van der Waals surface area contributed by atoms with Crippen LogP contribution in [0.3, 0.4) is 0 Å². The molecule has 0 unspecified atom stereocenters. The highest BCUT2D eigenvalue weighted by molar-refractivity contribution is 6.71. The minimum Gasteiger partial charge on any atom is -0.416 e. The van der Waals surface area contributed by atoms with E-state index in [2.05, 4.69) is 81.8 Å². The van der Waals surface area contributed by atoms with E-state index >= 15 is 0 Å². The highest BCUT2D eigenvalue weighted by atomic mass is 28.4. The highest BCUT2D eigenvalue weighted by Crippen LogP contribution is 2.36. The van der Waals surface area contributed by atoms with Gasteiger partial charge in [-0.15, -0.1) is 0 Å². The molecule has 2 saturated heterocycles. The lowest BCUT2D eigenvalue weighted by molar-refractivity contribution is 0.00578. The number of benzene rings is 1. The summed E-state index contributed by atoms with van der Waals surface area (Å²) in [6.07, 6.45) is 2.56. The summed E-state index contributed by atoms with van der Waals surface area (Å²) in [5.41, 5.74) is 1.77. The van der Waals surface area contributed by atoms with Crippen molar-refractivity contribution in [3.8, 4) is 0 Å². The van der Waals surface area contributed by atoms with Crippen LogP contribution < -0.4 is 10.4 Å². The van der Waals surface area contributed by atoms with Crippen molar-refractivity contribution in [2.45, 2.75) is 77.8 Å². The van der Waals surface area contributed by atoms with Crippen LogP contribution in [0.25, 0.3) is 0 Å². The van der Waals surface area contributed by atoms with Crippen molar-refractivity contribution >= 4 is 26.6 Å². The largest absolute Gasteiger partial charge is 0.494 e. The van der Waals surface area contributed by atoms with E-state index in [9.17, 15) is 0 Å². The van der Waals surface area contributed by atoms with Crippen LogP contribution in [0.4, 0.5) is 5.69 Å². The van der Waals surface area contributed by atoms with Crippen molar-refractivity contribution < 1.29 is 13.7 Å². The lowest BCUT2D eigenvalue weighted by Crippen LogP contribution is -2.48. The van der Waals surface area contributed by atoms with E-state index in [4.69, 9.17) is 13.7 Å². The molecule has 2 aliphatic rings. The van der Waals surface area contributed by atoms with Crippen molar-refractivity contribution in [3.05, 3.63) is 24.3 Å². The van der Waals surface area contributed by atoms with Crippen molar-refractivity contribution in [2.24, 2.45) is 0 Å². The van der Waals surface area contributed by atoms with Gasteiger partial charge in [0.05, 0.1) is 11.2 Å². The molecule has 0 amide bonds. The van der Waals surface area contributed by atoms with Crippen LogP contribution >= 0.6 is 0 Å². The first-order valence-electron chi connectivity index (χ1n) is 12.1. The van der Waals surface area contributed by atoms with E-state index in [-0.39, 0.29) is 18.3 Å². The van der Waals surface area contributed by atoms with Crippen molar-refractivity contribution in [2.75, 3.05) is 44.2 Å². The maximum Gasteiger partial charge on any atom is 0.494 e. The summed E-state index contributed by atoms with van der Waals surface area (Å²) in [6, 6.07) is 10.0. The molecular weight excluding hydrogens is 403 g/mol. The number of hydrogen-bond donors (Lipinski definition) is 0. The van der Waals surface area contributed by atoms with Gasteiger partial charge in [0.15, 0.2) is 8.32 Å². The SMILES string of the molecule is CCCC[Si](C)(C)OCCN1CCN(c2ccc(B3OC(C)(C)C(C)(C)O3)cc2)CC1. The zero-order valence-corrected chi connectivity index (χ0v) is 21.9. The number of unbranched alkanes of at least 4 members (excludes halogenated alkanes) is 1. The molecule has 2 heterocycles. The smallest absolute Gasteiger partial charge is 0.416 e. The molecule has 0 atom stereocenters. The summed E-state index contributed by atoms with van der Waals surface area (Å²) in [6.45, 7) is 21.6. The summed E-state index contributed by atoms with van der Waals surface area (Å²) in [4.78, 5) is 5.02. The van der Waals surface area contributed by atoms with Gasteiger partial charge in [-0.1, -0.05) is 31.9 Å². The molecule has 31 heavy (non-hydrogen) atoms. The fourth-order valence-corrected chi connectivity index (χ4v) is 6.17. The molecule has 0 saturated carbocycles. The standard InChI is InChI=1S/C24H43BN2O3Si/c1-8-9-20-31(6,7)28-19-18-26-14-16-27(17-15-26)22-12-10-21(11-13-22)25-29-23(2,3)24(4,5)30-25/h10-13H,8-9,14-20H2,1-7H3. The fraction of sp³-hybridized carbons (Fsp3) is 0.750. The molecular formula is C24H43BN2O3Si. The lowest BCUT2D eigenvalue weighted by Gasteiger charge is -2.36. The predicted molar refractivity (Wildman–Crippen MR) is 134 cm³/mol. The Bertz CT molecular complexity index is 687. The number of piperazine rings is 1. The summed E-state index contributed by atoms with van der Waals surface area (Å²) < 4.78 is 18.7. The molecule has 2 fully saturated rings. The molecule has 0 N–H and O–H groups in total. The topological polar surface area (TPSA) is 34.2 Å². The number of nitrogens with zero attached hydrogens (tertiary/aromatic N) is 2. The van der Waals surface area contributed by atoms with Crippen LogP contribution in [0.1, 0.15) is 47.5 Å². The van der Waals surface area contributed by atoms with Crippen molar-refractivity contribution in [3.63, 3.8) is 0 Å². The molecule has 0 radical (unpaired) electrons. The van der Waals surface area contributed by atoms with Gasteiger partial charge in [-0.05, 0) is 64.4 Å². The highest BCUT2D eigenvalue weighted by Gasteiger charge is 2.51. The average molecular weight is 447 g/mol. The second-order valence-corrected chi connectivity index (χ2v) is 15.0. The second kappa shape index (κ2) is 9.96. The van der Waals surface area contributed by atoms with Gasteiger partial charge < -0.3 is 18.6 Å². The van der Waals surface area contributed by atoms with Crippen LogP contribution in [-0.4, -0.2) is 70.9 Å². The van der Waals surface area contributed by atoms with E-state index in [0.29, 0.717) is 0 Å². The Morgan fingerprint density at radius 2 is 1.55 bits per heavy atom. The quantitative estimate of drug-likeness (QED) is 0.533. The Kier molecular flexibility index (Phi) is 7.96. The molecule has 7 heteroatoms. The maximum atomic E-state index is 6.30. The lowest BCUT2D eigenvalue weighted by atomic mass is 9.79. The molecule has 1 aromatic carbocycles. The van der Waals surface area contributed by atoms with Gasteiger partial charge in [-0.25, -0.2) is 0 Å². The fourth-order valence-electron chi connectivity index (χ4n) is 4.18.